The number of nitrogens with one attached hydrogen (secondary N) is 2. The fraction of sp³-hybridized carbons (Fsp3) is 0.364. The number of benzene rings is 2. The minimum Gasteiger partial charge on any atom is -0.318 e. The first-order valence-electron chi connectivity index (χ1n) is 9.02. The van der Waals surface area contributed by atoms with Crippen LogP contribution in [0.1, 0.15) is 61.8 Å². The van der Waals surface area contributed by atoms with E-state index in [2.05, 4.69) is 38.3 Å². The molecular weight excluding hydrogens is 324 g/mol. The van der Waals surface area contributed by atoms with E-state index in [0.29, 0.717) is 23.2 Å². The summed E-state index contributed by atoms with van der Waals surface area (Å²) in [6, 6.07) is 11.8. The highest BCUT2D eigenvalue weighted by Crippen LogP contribution is 2.24. The van der Waals surface area contributed by atoms with Gasteiger partial charge in [-0.25, -0.2) is 0 Å². The molecule has 0 aliphatic heterocycles. The molecule has 4 heteroatoms. The number of carbonyl (C=O) groups excluding carboxylic acids is 2. The zero-order valence-electron chi connectivity index (χ0n) is 16.4. The van der Waals surface area contributed by atoms with Gasteiger partial charge in [-0.3, -0.25) is 9.59 Å². The van der Waals surface area contributed by atoms with Crippen molar-refractivity contribution in [3.63, 3.8) is 0 Å². The Morgan fingerprint density at radius 2 is 1.04 bits per heavy atom. The molecule has 2 aromatic carbocycles. The average Bonchev–Trinajstić information content (AvgIpc) is 2.58. The molecule has 26 heavy (non-hydrogen) atoms. The van der Waals surface area contributed by atoms with Gasteiger partial charge in [0.1, 0.15) is 0 Å². The molecule has 0 atom stereocenters. The summed E-state index contributed by atoms with van der Waals surface area (Å²) in [4.78, 5) is 24.7. The molecule has 138 valence electrons. The fourth-order valence-electron chi connectivity index (χ4n) is 2.62. The van der Waals surface area contributed by atoms with E-state index in [-0.39, 0.29) is 0 Å². The molecule has 2 aromatic rings. The highest BCUT2D eigenvalue weighted by atomic mass is 16.2. The summed E-state index contributed by atoms with van der Waals surface area (Å²) >= 11 is 0. The van der Waals surface area contributed by atoms with E-state index < -0.39 is 11.8 Å². The lowest BCUT2D eigenvalue weighted by Crippen LogP contribution is -2.29. The smallest absolute Gasteiger partial charge is 0.314 e. The van der Waals surface area contributed by atoms with Gasteiger partial charge in [0, 0.05) is 11.4 Å². The Hall–Kier alpha value is -2.62. The Morgan fingerprint density at radius 3 is 1.35 bits per heavy atom. The number of rotatable bonds is 4. The zero-order chi connectivity index (χ0) is 19.4. The predicted octanol–water partition coefficient (Wildman–Crippen LogP) is 5.13. The molecule has 0 unspecified atom stereocenters. The number of hydrogen-bond acceptors (Lipinski definition) is 2. The van der Waals surface area contributed by atoms with Gasteiger partial charge >= 0.3 is 11.8 Å². The SMILES string of the molecule is Cc1ccc(C(C)C)cc1NC(=O)C(=O)Nc1cc(C(C)C)ccc1C. The molecule has 0 aromatic heterocycles. The van der Waals surface area contributed by atoms with Crippen LogP contribution in [0, 0.1) is 13.8 Å². The van der Waals surface area contributed by atoms with E-state index in [9.17, 15) is 9.59 Å². The van der Waals surface area contributed by atoms with E-state index in [4.69, 9.17) is 0 Å². The van der Waals surface area contributed by atoms with Crippen molar-refractivity contribution in [2.75, 3.05) is 10.6 Å². The number of carbonyl (C=O) groups is 2. The van der Waals surface area contributed by atoms with Crippen molar-refractivity contribution in [2.45, 2.75) is 53.4 Å². The van der Waals surface area contributed by atoms with E-state index in [1.165, 1.54) is 0 Å². The van der Waals surface area contributed by atoms with Crippen LogP contribution >= 0.6 is 0 Å². The molecule has 0 heterocycles. The Labute approximate surface area is 156 Å². The van der Waals surface area contributed by atoms with Gasteiger partial charge in [-0.15, -0.1) is 0 Å². The fourth-order valence-corrected chi connectivity index (χ4v) is 2.62. The highest BCUT2D eigenvalue weighted by Gasteiger charge is 2.17. The van der Waals surface area contributed by atoms with Gasteiger partial charge in [0.2, 0.25) is 0 Å². The molecule has 0 bridgehead atoms. The van der Waals surface area contributed by atoms with Crippen LogP contribution in [0.15, 0.2) is 36.4 Å². The number of hydrogen-bond donors (Lipinski definition) is 2. The summed E-state index contributed by atoms with van der Waals surface area (Å²) in [6.45, 7) is 12.2. The van der Waals surface area contributed by atoms with Crippen LogP contribution in [-0.2, 0) is 9.59 Å². The number of anilines is 2. The summed E-state index contributed by atoms with van der Waals surface area (Å²) in [6.07, 6.45) is 0. The third kappa shape index (κ3) is 4.72. The van der Waals surface area contributed by atoms with Crippen molar-refractivity contribution in [1.29, 1.82) is 0 Å². The van der Waals surface area contributed by atoms with Gasteiger partial charge in [-0.05, 0) is 60.1 Å². The Morgan fingerprint density at radius 1 is 0.692 bits per heavy atom. The van der Waals surface area contributed by atoms with Gasteiger partial charge < -0.3 is 10.6 Å². The molecule has 0 saturated heterocycles. The lowest BCUT2D eigenvalue weighted by Gasteiger charge is -2.14. The minimum absolute atomic E-state index is 0.349. The van der Waals surface area contributed by atoms with Crippen molar-refractivity contribution in [3.8, 4) is 0 Å². The summed E-state index contributed by atoms with van der Waals surface area (Å²) in [5.74, 6) is -0.630. The Bertz CT molecular complexity index is 753. The quantitative estimate of drug-likeness (QED) is 0.750. The van der Waals surface area contributed by atoms with Crippen molar-refractivity contribution >= 4 is 23.2 Å². The minimum atomic E-state index is -0.664. The lowest BCUT2D eigenvalue weighted by molar-refractivity contribution is -0.133. The molecule has 4 nitrogen and oxygen atoms in total. The van der Waals surface area contributed by atoms with Crippen LogP contribution in [0.3, 0.4) is 0 Å². The third-order valence-electron chi connectivity index (χ3n) is 4.56. The zero-order valence-corrected chi connectivity index (χ0v) is 16.4. The van der Waals surface area contributed by atoms with Gasteiger partial charge in [-0.1, -0.05) is 52.0 Å². The van der Waals surface area contributed by atoms with Crippen molar-refractivity contribution in [1.82, 2.24) is 0 Å². The maximum atomic E-state index is 12.4. The highest BCUT2D eigenvalue weighted by molar-refractivity contribution is 6.43. The second-order valence-corrected chi connectivity index (χ2v) is 7.37. The molecule has 0 spiro atoms. The van der Waals surface area contributed by atoms with Crippen LogP contribution in [-0.4, -0.2) is 11.8 Å². The van der Waals surface area contributed by atoms with E-state index in [1.807, 2.05) is 50.2 Å². The summed E-state index contributed by atoms with van der Waals surface area (Å²) in [7, 11) is 0. The third-order valence-corrected chi connectivity index (χ3v) is 4.56. The van der Waals surface area contributed by atoms with Gasteiger partial charge in [0.15, 0.2) is 0 Å². The van der Waals surface area contributed by atoms with Crippen LogP contribution in [0.4, 0.5) is 11.4 Å². The van der Waals surface area contributed by atoms with Crippen LogP contribution in [0.5, 0.6) is 0 Å². The molecular formula is C22H28N2O2. The largest absolute Gasteiger partial charge is 0.318 e. The van der Waals surface area contributed by atoms with Crippen LogP contribution in [0.2, 0.25) is 0 Å². The summed E-state index contributed by atoms with van der Waals surface area (Å²) in [5, 5.41) is 5.46. The Kier molecular flexibility index (Phi) is 6.19. The van der Waals surface area contributed by atoms with Crippen molar-refractivity contribution < 1.29 is 9.59 Å². The van der Waals surface area contributed by atoms with Crippen LogP contribution in [0.25, 0.3) is 0 Å². The first-order chi connectivity index (χ1) is 12.2. The standard InChI is InChI=1S/C22H28N2O2/c1-13(2)17-9-7-15(5)19(11-17)23-21(25)22(26)24-20-12-18(14(3)4)10-8-16(20)6/h7-14H,1-6H3,(H,23,25)(H,24,26). The second-order valence-electron chi connectivity index (χ2n) is 7.37. The molecule has 2 amide bonds. The molecule has 2 N–H and O–H groups in total. The van der Waals surface area contributed by atoms with Crippen molar-refractivity contribution in [2.24, 2.45) is 0 Å². The van der Waals surface area contributed by atoms with Gasteiger partial charge in [0.05, 0.1) is 0 Å². The summed E-state index contributed by atoms with van der Waals surface area (Å²) in [5.41, 5.74) is 5.42. The molecule has 0 aliphatic rings. The van der Waals surface area contributed by atoms with E-state index in [0.717, 1.165) is 22.3 Å². The number of aryl methyl sites for hydroxylation is 2. The maximum absolute atomic E-state index is 12.4. The van der Waals surface area contributed by atoms with E-state index >= 15 is 0 Å². The van der Waals surface area contributed by atoms with Gasteiger partial charge in [-0.2, -0.15) is 0 Å². The maximum Gasteiger partial charge on any atom is 0.314 e. The molecule has 0 radical (unpaired) electrons. The predicted molar refractivity (Wildman–Crippen MR) is 108 cm³/mol. The van der Waals surface area contributed by atoms with Crippen LogP contribution < -0.4 is 10.6 Å². The summed E-state index contributed by atoms with van der Waals surface area (Å²) < 4.78 is 0. The monoisotopic (exact) mass is 352 g/mol. The second kappa shape index (κ2) is 8.17. The average molecular weight is 352 g/mol. The lowest BCUT2D eigenvalue weighted by atomic mass is 10.0. The molecule has 2 rings (SSSR count). The Balaban J connectivity index is 2.15. The van der Waals surface area contributed by atoms with Crippen molar-refractivity contribution in [3.05, 3.63) is 58.7 Å². The molecule has 0 fully saturated rings. The number of amides is 2. The first kappa shape index (κ1) is 19.7. The van der Waals surface area contributed by atoms with Gasteiger partial charge in [0.25, 0.3) is 0 Å². The molecule has 0 saturated carbocycles. The molecule has 0 aliphatic carbocycles. The first-order valence-corrected chi connectivity index (χ1v) is 9.02. The topological polar surface area (TPSA) is 58.2 Å². The normalized spacial score (nSPS) is 10.9. The van der Waals surface area contributed by atoms with E-state index in [1.54, 1.807) is 0 Å².